The molecule has 25 heavy (non-hydrogen) atoms. The summed E-state index contributed by atoms with van der Waals surface area (Å²) in [6.45, 7) is 4.11. The van der Waals surface area contributed by atoms with E-state index in [4.69, 9.17) is 5.73 Å². The smallest absolute Gasteiger partial charge is 0.249 e. The topological polar surface area (TPSA) is 130 Å². The predicted octanol–water partition coefficient (Wildman–Crippen LogP) is 0.0809. The SMILES string of the molecule is CC1(C)S[C@@H]2C(NC(=O)C3(N)CCCCC3)C(=O)N2C1c1nnn[nH]1. The number of tetrazole rings is 1. The van der Waals surface area contributed by atoms with E-state index in [0.717, 1.165) is 19.3 Å². The molecule has 136 valence electrons. The van der Waals surface area contributed by atoms with Crippen molar-refractivity contribution in [3.63, 3.8) is 0 Å². The standard InChI is InChI=1S/C15H23N7O2S/c1-14(2)9(10-18-20-21-19-10)22-11(23)8(12(22)25-14)17-13(24)15(16)6-4-3-5-7-15/h8-9,12H,3-7,16H2,1-2H3,(H,17,24)(H,18,19,20,21)/t8?,9?,12-/m1/s1. The molecular weight excluding hydrogens is 342 g/mol. The number of nitrogens with zero attached hydrogens (tertiary/aromatic N) is 4. The number of carbonyl (C=O) groups is 2. The van der Waals surface area contributed by atoms with Crippen molar-refractivity contribution in [2.24, 2.45) is 5.73 Å². The molecule has 4 N–H and O–H groups in total. The molecule has 1 aromatic rings. The number of H-pyrrole nitrogens is 1. The van der Waals surface area contributed by atoms with Crippen molar-refractivity contribution in [2.75, 3.05) is 0 Å². The van der Waals surface area contributed by atoms with Gasteiger partial charge in [-0.25, -0.2) is 5.10 Å². The monoisotopic (exact) mass is 365 g/mol. The van der Waals surface area contributed by atoms with Gasteiger partial charge in [-0.2, -0.15) is 0 Å². The lowest BCUT2D eigenvalue weighted by Gasteiger charge is -2.45. The maximum absolute atomic E-state index is 12.7. The summed E-state index contributed by atoms with van der Waals surface area (Å²) in [5, 5.41) is 16.8. The second-order valence-electron chi connectivity index (χ2n) is 7.71. The second-order valence-corrected chi connectivity index (χ2v) is 9.49. The number of fused-ring (bicyclic) bond motifs is 1. The van der Waals surface area contributed by atoms with Crippen LogP contribution in [0, 0.1) is 0 Å². The molecule has 2 saturated heterocycles. The van der Waals surface area contributed by atoms with E-state index in [1.807, 2.05) is 0 Å². The summed E-state index contributed by atoms with van der Waals surface area (Å²) in [5.41, 5.74) is 5.45. The van der Waals surface area contributed by atoms with Crippen molar-refractivity contribution in [3.05, 3.63) is 5.82 Å². The largest absolute Gasteiger partial charge is 0.340 e. The Morgan fingerprint density at radius 3 is 2.72 bits per heavy atom. The minimum absolute atomic E-state index is 0.0998. The first-order chi connectivity index (χ1) is 11.8. The Kier molecular flexibility index (Phi) is 3.80. The van der Waals surface area contributed by atoms with E-state index in [2.05, 4.69) is 39.8 Å². The van der Waals surface area contributed by atoms with E-state index in [0.29, 0.717) is 18.7 Å². The highest BCUT2D eigenvalue weighted by atomic mass is 32.2. The Balaban J connectivity index is 1.50. The summed E-state index contributed by atoms with van der Waals surface area (Å²) in [5.74, 6) is 0.270. The first kappa shape index (κ1) is 16.8. The summed E-state index contributed by atoms with van der Waals surface area (Å²) in [4.78, 5) is 27.2. The molecule has 3 atom stereocenters. The van der Waals surface area contributed by atoms with Crippen LogP contribution in [0.4, 0.5) is 0 Å². The maximum atomic E-state index is 12.7. The highest BCUT2D eigenvalue weighted by molar-refractivity contribution is 8.01. The molecule has 3 aliphatic rings. The summed E-state index contributed by atoms with van der Waals surface area (Å²) in [6.07, 6.45) is 4.39. The van der Waals surface area contributed by atoms with Crippen molar-refractivity contribution in [1.29, 1.82) is 0 Å². The van der Waals surface area contributed by atoms with Crippen LogP contribution in [-0.4, -0.2) is 59.0 Å². The quantitative estimate of drug-likeness (QED) is 0.647. The molecule has 0 bridgehead atoms. The van der Waals surface area contributed by atoms with Crippen molar-refractivity contribution >= 4 is 23.6 Å². The first-order valence-corrected chi connectivity index (χ1v) is 9.55. The van der Waals surface area contributed by atoms with Crippen LogP contribution in [0.3, 0.4) is 0 Å². The molecule has 3 fully saturated rings. The maximum Gasteiger partial charge on any atom is 0.249 e. The van der Waals surface area contributed by atoms with E-state index in [-0.39, 0.29) is 28.0 Å². The molecule has 2 unspecified atom stereocenters. The Hall–Kier alpha value is -1.68. The Bertz CT molecular complexity index is 686. The van der Waals surface area contributed by atoms with Gasteiger partial charge in [-0.3, -0.25) is 9.59 Å². The van der Waals surface area contributed by atoms with Gasteiger partial charge in [-0.15, -0.1) is 16.9 Å². The summed E-state index contributed by atoms with van der Waals surface area (Å²) < 4.78 is -0.258. The van der Waals surface area contributed by atoms with Gasteiger partial charge in [0.05, 0.1) is 5.54 Å². The molecule has 0 radical (unpaired) electrons. The van der Waals surface area contributed by atoms with E-state index >= 15 is 0 Å². The Morgan fingerprint density at radius 2 is 2.08 bits per heavy atom. The van der Waals surface area contributed by atoms with Crippen LogP contribution in [0.25, 0.3) is 0 Å². The zero-order valence-electron chi connectivity index (χ0n) is 14.4. The van der Waals surface area contributed by atoms with E-state index in [9.17, 15) is 9.59 Å². The average molecular weight is 365 g/mol. The number of hydrogen-bond donors (Lipinski definition) is 3. The molecule has 10 heteroatoms. The average Bonchev–Trinajstić information content (AvgIpc) is 3.17. The van der Waals surface area contributed by atoms with Crippen LogP contribution < -0.4 is 11.1 Å². The number of carbonyl (C=O) groups excluding carboxylic acids is 2. The third-order valence-electron chi connectivity index (χ3n) is 5.55. The number of β-lactam (4-membered cyclic amide) rings is 1. The van der Waals surface area contributed by atoms with Gasteiger partial charge in [0.25, 0.3) is 0 Å². The van der Waals surface area contributed by atoms with Gasteiger partial charge in [0, 0.05) is 4.75 Å². The molecule has 1 aliphatic carbocycles. The summed E-state index contributed by atoms with van der Waals surface area (Å²) in [7, 11) is 0. The van der Waals surface area contributed by atoms with Crippen molar-refractivity contribution in [2.45, 2.75) is 73.7 Å². The van der Waals surface area contributed by atoms with Gasteiger partial charge in [-0.05, 0) is 37.1 Å². The number of aromatic nitrogens is 4. The molecule has 0 aromatic carbocycles. The number of thioether (sulfide) groups is 1. The van der Waals surface area contributed by atoms with Gasteiger partial charge in [0.15, 0.2) is 5.82 Å². The lowest BCUT2D eigenvalue weighted by Crippen LogP contribution is -2.70. The zero-order valence-corrected chi connectivity index (χ0v) is 15.2. The lowest BCUT2D eigenvalue weighted by molar-refractivity contribution is -0.152. The van der Waals surface area contributed by atoms with Crippen LogP contribution in [0.15, 0.2) is 0 Å². The van der Waals surface area contributed by atoms with Crippen molar-refractivity contribution in [1.82, 2.24) is 30.8 Å². The molecular formula is C15H23N7O2S. The third-order valence-corrected chi connectivity index (χ3v) is 7.12. The van der Waals surface area contributed by atoms with Crippen LogP contribution in [0.2, 0.25) is 0 Å². The number of hydrogen-bond acceptors (Lipinski definition) is 7. The Morgan fingerprint density at radius 1 is 1.36 bits per heavy atom. The molecule has 4 rings (SSSR count). The van der Waals surface area contributed by atoms with Crippen molar-refractivity contribution in [3.8, 4) is 0 Å². The third kappa shape index (κ3) is 2.53. The molecule has 1 aromatic heterocycles. The fraction of sp³-hybridized carbons (Fsp3) is 0.800. The summed E-state index contributed by atoms with van der Waals surface area (Å²) in [6, 6.07) is -0.764. The predicted molar refractivity (Wildman–Crippen MR) is 91.2 cm³/mol. The minimum atomic E-state index is -0.841. The van der Waals surface area contributed by atoms with E-state index in [1.54, 1.807) is 16.7 Å². The number of nitrogens with two attached hydrogens (primary N) is 1. The minimum Gasteiger partial charge on any atom is -0.340 e. The number of aromatic amines is 1. The zero-order chi connectivity index (χ0) is 17.8. The van der Waals surface area contributed by atoms with Gasteiger partial charge < -0.3 is 16.0 Å². The Labute approximate surface area is 149 Å². The van der Waals surface area contributed by atoms with E-state index in [1.165, 1.54) is 0 Å². The highest BCUT2D eigenvalue weighted by Crippen LogP contribution is 2.56. The lowest BCUT2D eigenvalue weighted by atomic mass is 9.81. The molecule has 2 amide bonds. The molecule has 0 spiro atoms. The fourth-order valence-corrected chi connectivity index (χ4v) is 5.80. The number of rotatable bonds is 3. The first-order valence-electron chi connectivity index (χ1n) is 8.67. The van der Waals surface area contributed by atoms with Crippen molar-refractivity contribution < 1.29 is 9.59 Å². The fourth-order valence-electron chi connectivity index (χ4n) is 4.17. The van der Waals surface area contributed by atoms with E-state index < -0.39 is 11.6 Å². The summed E-state index contributed by atoms with van der Waals surface area (Å²) >= 11 is 1.66. The number of nitrogens with one attached hydrogen (secondary N) is 2. The molecule has 9 nitrogen and oxygen atoms in total. The van der Waals surface area contributed by atoms with Crippen LogP contribution in [0.1, 0.15) is 57.8 Å². The molecule has 2 aliphatic heterocycles. The van der Waals surface area contributed by atoms with Gasteiger partial charge >= 0.3 is 0 Å². The van der Waals surface area contributed by atoms with Crippen LogP contribution >= 0.6 is 11.8 Å². The number of amides is 2. The van der Waals surface area contributed by atoms with Gasteiger partial charge in [-0.1, -0.05) is 19.3 Å². The van der Waals surface area contributed by atoms with Crippen LogP contribution in [0.5, 0.6) is 0 Å². The second kappa shape index (κ2) is 5.66. The molecule has 1 saturated carbocycles. The normalized spacial score (nSPS) is 32.8. The van der Waals surface area contributed by atoms with Gasteiger partial charge in [0.2, 0.25) is 11.8 Å². The highest BCUT2D eigenvalue weighted by Gasteiger charge is 2.63. The molecule has 3 heterocycles. The van der Waals surface area contributed by atoms with Crippen LogP contribution in [-0.2, 0) is 9.59 Å². The van der Waals surface area contributed by atoms with Gasteiger partial charge in [0.1, 0.15) is 17.5 Å².